The predicted molar refractivity (Wildman–Crippen MR) is 88.6 cm³/mol. The van der Waals surface area contributed by atoms with Crippen molar-refractivity contribution in [2.75, 3.05) is 19.5 Å². The van der Waals surface area contributed by atoms with Crippen LogP contribution in [0.5, 0.6) is 0 Å². The molecule has 0 amide bonds. The molecule has 1 N–H and O–H groups in total. The van der Waals surface area contributed by atoms with Crippen molar-refractivity contribution in [2.24, 2.45) is 0 Å². The van der Waals surface area contributed by atoms with Gasteiger partial charge in [0.15, 0.2) is 5.78 Å². The molecule has 0 spiro atoms. The lowest BCUT2D eigenvalue weighted by Crippen LogP contribution is -2.13. The fourth-order valence-corrected chi connectivity index (χ4v) is 3.65. The monoisotopic (exact) mass is 369 g/mol. The van der Waals surface area contributed by atoms with Gasteiger partial charge in [0.1, 0.15) is 0 Å². The number of rotatable bonds is 6. The summed E-state index contributed by atoms with van der Waals surface area (Å²) in [4.78, 5) is 0. The van der Waals surface area contributed by atoms with Crippen molar-refractivity contribution < 1.29 is 13.6 Å². The van der Waals surface area contributed by atoms with Crippen LogP contribution in [0.25, 0.3) is 0 Å². The van der Waals surface area contributed by atoms with Crippen molar-refractivity contribution in [3.63, 3.8) is 0 Å². The molecule has 0 aliphatic carbocycles. The normalized spacial score (nSPS) is 12.9. The molecule has 0 aliphatic heterocycles. The van der Waals surface area contributed by atoms with Gasteiger partial charge < -0.3 is 14.4 Å². The lowest BCUT2D eigenvalue weighted by molar-refractivity contribution is 0.268. The Balaban J connectivity index is 2.37. The van der Waals surface area contributed by atoms with E-state index < -0.39 is 13.4 Å². The Morgan fingerprint density at radius 1 is 1.00 bits per heavy atom. The van der Waals surface area contributed by atoms with Gasteiger partial charge in [-0.1, -0.05) is 46.3 Å². The molecular formula is C15H17BrNO3P. The zero-order chi connectivity index (χ0) is 15.3. The first kappa shape index (κ1) is 16.2. The SMILES string of the molecule is COP(=O)(OC)[C@@H](Nc1ccc(Br)cc1)c1ccccc1. The van der Waals surface area contributed by atoms with Gasteiger partial charge in [-0.2, -0.15) is 0 Å². The molecule has 2 rings (SSSR count). The lowest BCUT2D eigenvalue weighted by Gasteiger charge is -2.26. The van der Waals surface area contributed by atoms with Crippen LogP contribution < -0.4 is 5.32 Å². The second kappa shape index (κ2) is 7.23. The third-order valence-electron chi connectivity index (χ3n) is 3.09. The molecule has 4 nitrogen and oxygen atoms in total. The molecule has 0 saturated carbocycles. The van der Waals surface area contributed by atoms with Gasteiger partial charge in [0.25, 0.3) is 0 Å². The lowest BCUT2D eigenvalue weighted by atomic mass is 10.2. The molecule has 112 valence electrons. The minimum Gasteiger partial charge on any atom is -0.368 e. The highest BCUT2D eigenvalue weighted by Gasteiger charge is 2.35. The Hall–Kier alpha value is -1.13. The average molecular weight is 370 g/mol. The topological polar surface area (TPSA) is 47.6 Å². The van der Waals surface area contributed by atoms with Crippen LogP contribution in [0.1, 0.15) is 11.3 Å². The number of benzene rings is 2. The smallest absolute Gasteiger partial charge is 0.356 e. The summed E-state index contributed by atoms with van der Waals surface area (Å²) in [5.74, 6) is -0.574. The molecule has 0 bridgehead atoms. The van der Waals surface area contributed by atoms with E-state index in [4.69, 9.17) is 9.05 Å². The van der Waals surface area contributed by atoms with Crippen molar-refractivity contribution in [1.29, 1.82) is 0 Å². The molecule has 1 atom stereocenters. The Morgan fingerprint density at radius 3 is 2.10 bits per heavy atom. The summed E-state index contributed by atoms with van der Waals surface area (Å²) >= 11 is 3.39. The van der Waals surface area contributed by atoms with E-state index in [1.165, 1.54) is 14.2 Å². The molecular weight excluding hydrogens is 353 g/mol. The van der Waals surface area contributed by atoms with Gasteiger partial charge in [-0.15, -0.1) is 0 Å². The summed E-state index contributed by atoms with van der Waals surface area (Å²) in [6, 6.07) is 17.1. The zero-order valence-electron chi connectivity index (χ0n) is 11.8. The molecule has 2 aromatic carbocycles. The van der Waals surface area contributed by atoms with Crippen LogP contribution in [0, 0.1) is 0 Å². The van der Waals surface area contributed by atoms with Crippen molar-refractivity contribution in [3.05, 3.63) is 64.6 Å². The minimum atomic E-state index is -3.31. The second-order valence-electron chi connectivity index (χ2n) is 4.37. The third-order valence-corrected chi connectivity index (χ3v) is 5.69. The zero-order valence-corrected chi connectivity index (χ0v) is 14.3. The maximum Gasteiger partial charge on any atom is 0.356 e. The Labute approximate surface area is 133 Å². The molecule has 0 aliphatic rings. The van der Waals surface area contributed by atoms with Crippen molar-refractivity contribution >= 4 is 29.2 Å². The summed E-state index contributed by atoms with van der Waals surface area (Å²) in [5, 5.41) is 3.23. The van der Waals surface area contributed by atoms with E-state index >= 15 is 0 Å². The van der Waals surface area contributed by atoms with Gasteiger partial charge in [0.2, 0.25) is 0 Å². The van der Waals surface area contributed by atoms with Crippen molar-refractivity contribution in [3.8, 4) is 0 Å². The number of halogens is 1. The predicted octanol–water partition coefficient (Wildman–Crippen LogP) is 5.05. The molecule has 0 fully saturated rings. The highest BCUT2D eigenvalue weighted by Crippen LogP contribution is 2.59. The van der Waals surface area contributed by atoms with E-state index in [2.05, 4.69) is 21.2 Å². The van der Waals surface area contributed by atoms with Crippen LogP contribution in [-0.4, -0.2) is 14.2 Å². The first-order valence-electron chi connectivity index (χ1n) is 6.37. The van der Waals surface area contributed by atoms with Crippen LogP contribution in [0.3, 0.4) is 0 Å². The third kappa shape index (κ3) is 3.95. The Morgan fingerprint density at radius 2 is 1.57 bits per heavy atom. The highest BCUT2D eigenvalue weighted by molar-refractivity contribution is 9.10. The standard InChI is InChI=1S/C15H17BrNO3P/c1-19-21(18,20-2)15(12-6-4-3-5-7-12)17-14-10-8-13(16)9-11-14/h3-11,15,17H,1-2H3/t15-/m1/s1. The van der Waals surface area contributed by atoms with Crippen LogP contribution in [0.2, 0.25) is 0 Å². The molecule has 0 heterocycles. The van der Waals surface area contributed by atoms with Gasteiger partial charge in [0, 0.05) is 24.4 Å². The van der Waals surface area contributed by atoms with E-state index in [0.717, 1.165) is 15.7 Å². The van der Waals surface area contributed by atoms with Gasteiger partial charge >= 0.3 is 7.60 Å². The van der Waals surface area contributed by atoms with Crippen molar-refractivity contribution in [1.82, 2.24) is 0 Å². The van der Waals surface area contributed by atoms with Gasteiger partial charge in [-0.3, -0.25) is 4.57 Å². The van der Waals surface area contributed by atoms with Gasteiger partial charge in [0.05, 0.1) is 0 Å². The molecule has 0 saturated heterocycles. The highest BCUT2D eigenvalue weighted by atomic mass is 79.9. The van der Waals surface area contributed by atoms with E-state index in [-0.39, 0.29) is 0 Å². The van der Waals surface area contributed by atoms with Crippen LogP contribution >= 0.6 is 23.5 Å². The fraction of sp³-hybridized carbons (Fsp3) is 0.200. The summed E-state index contributed by atoms with van der Waals surface area (Å²) in [5.41, 5.74) is 1.67. The maximum absolute atomic E-state index is 12.8. The second-order valence-corrected chi connectivity index (χ2v) is 7.61. The number of hydrogen-bond donors (Lipinski definition) is 1. The fourth-order valence-electron chi connectivity index (χ4n) is 1.97. The van der Waals surface area contributed by atoms with Gasteiger partial charge in [-0.25, -0.2) is 0 Å². The summed E-state index contributed by atoms with van der Waals surface area (Å²) in [7, 11) is -0.529. The molecule has 0 radical (unpaired) electrons. The van der Waals surface area contributed by atoms with E-state index in [1.54, 1.807) is 0 Å². The van der Waals surface area contributed by atoms with E-state index in [9.17, 15) is 4.57 Å². The Kier molecular flexibility index (Phi) is 5.59. The quantitative estimate of drug-likeness (QED) is 0.724. The van der Waals surface area contributed by atoms with E-state index in [1.807, 2.05) is 54.6 Å². The number of nitrogens with one attached hydrogen (secondary N) is 1. The van der Waals surface area contributed by atoms with E-state index in [0.29, 0.717) is 0 Å². The number of hydrogen-bond acceptors (Lipinski definition) is 4. The minimum absolute atomic E-state index is 0.574. The molecule has 0 aromatic heterocycles. The largest absolute Gasteiger partial charge is 0.368 e. The number of anilines is 1. The van der Waals surface area contributed by atoms with Crippen LogP contribution in [-0.2, 0) is 13.6 Å². The maximum atomic E-state index is 12.8. The average Bonchev–Trinajstić information content (AvgIpc) is 2.54. The summed E-state index contributed by atoms with van der Waals surface area (Å²) in [6.45, 7) is 0. The first-order chi connectivity index (χ1) is 10.1. The summed E-state index contributed by atoms with van der Waals surface area (Å²) in [6.07, 6.45) is 0. The summed E-state index contributed by atoms with van der Waals surface area (Å²) < 4.78 is 24.1. The first-order valence-corrected chi connectivity index (χ1v) is 8.78. The van der Waals surface area contributed by atoms with Gasteiger partial charge in [-0.05, 0) is 29.8 Å². The molecule has 6 heteroatoms. The van der Waals surface area contributed by atoms with Crippen LogP contribution in [0.15, 0.2) is 59.1 Å². The molecule has 2 aromatic rings. The van der Waals surface area contributed by atoms with Crippen LogP contribution in [0.4, 0.5) is 5.69 Å². The molecule has 0 unspecified atom stereocenters. The van der Waals surface area contributed by atoms with Crippen molar-refractivity contribution in [2.45, 2.75) is 5.78 Å². The Bertz CT molecular complexity index is 611. The molecule has 21 heavy (non-hydrogen) atoms.